The van der Waals surface area contributed by atoms with Crippen LogP contribution >= 0.6 is 11.6 Å². The molecule has 2 heterocycles. The topological polar surface area (TPSA) is 120 Å². The van der Waals surface area contributed by atoms with Gasteiger partial charge in [0.2, 0.25) is 5.91 Å². The van der Waals surface area contributed by atoms with E-state index in [9.17, 15) is 14.3 Å². The molecule has 0 saturated heterocycles. The number of amides is 1. The fourth-order valence-corrected chi connectivity index (χ4v) is 3.55. The number of hydrogen-bond acceptors (Lipinski definition) is 5. The molecule has 3 rings (SSSR count). The Bertz CT molecular complexity index is 1130. The van der Waals surface area contributed by atoms with Gasteiger partial charge in [-0.15, -0.1) is 0 Å². The molecule has 0 saturated carbocycles. The molecule has 10 heteroatoms. The van der Waals surface area contributed by atoms with Gasteiger partial charge >= 0.3 is 0 Å². The number of halogens is 2. The van der Waals surface area contributed by atoms with Gasteiger partial charge < -0.3 is 10.4 Å². The summed E-state index contributed by atoms with van der Waals surface area (Å²) >= 11 is 5.97. The lowest BCUT2D eigenvalue weighted by atomic mass is 10.0. The molecule has 0 aliphatic heterocycles. The average Bonchev–Trinajstić information content (AvgIpc) is 3.29. The Hall–Kier alpha value is -3.22. The van der Waals surface area contributed by atoms with Crippen LogP contribution < -0.4 is 5.32 Å². The van der Waals surface area contributed by atoms with E-state index in [-0.39, 0.29) is 29.0 Å². The molecule has 1 atom stereocenters. The van der Waals surface area contributed by atoms with Crippen LogP contribution in [0.25, 0.3) is 11.3 Å². The molecule has 0 spiro atoms. The maximum atomic E-state index is 14.0. The first-order valence-electron chi connectivity index (χ1n) is 10.0. The van der Waals surface area contributed by atoms with Crippen LogP contribution in [-0.2, 0) is 24.2 Å². The molecule has 1 aromatic carbocycles. The number of nitrogens with zero attached hydrogens (tertiary/aromatic N) is 4. The molecule has 32 heavy (non-hydrogen) atoms. The quantitative estimate of drug-likeness (QED) is 0.479. The fourth-order valence-electron chi connectivity index (χ4n) is 3.30. The molecule has 1 amide bonds. The van der Waals surface area contributed by atoms with Gasteiger partial charge in [0.1, 0.15) is 17.4 Å². The van der Waals surface area contributed by atoms with Crippen LogP contribution in [0.5, 0.6) is 0 Å². The van der Waals surface area contributed by atoms with E-state index in [0.29, 0.717) is 35.6 Å². The van der Waals surface area contributed by atoms with Crippen molar-refractivity contribution in [2.75, 3.05) is 0 Å². The summed E-state index contributed by atoms with van der Waals surface area (Å²) in [4.78, 5) is 12.3. The van der Waals surface area contributed by atoms with Crippen molar-refractivity contribution >= 4 is 17.5 Å². The zero-order valence-corrected chi connectivity index (χ0v) is 18.7. The third-order valence-electron chi connectivity index (χ3n) is 4.61. The Morgan fingerprint density at radius 1 is 1.44 bits per heavy atom. The van der Waals surface area contributed by atoms with Gasteiger partial charge in [0.25, 0.3) is 0 Å². The Morgan fingerprint density at radius 2 is 2.19 bits per heavy atom. The number of hydrogen-bond donors (Lipinski definition) is 3. The molecule has 0 fully saturated rings. The van der Waals surface area contributed by atoms with E-state index in [0.717, 1.165) is 0 Å². The summed E-state index contributed by atoms with van der Waals surface area (Å²) in [5.41, 5.74) is 1.25. The summed E-state index contributed by atoms with van der Waals surface area (Å²) < 4.78 is 15.7. The van der Waals surface area contributed by atoms with E-state index in [1.807, 2.05) is 6.92 Å². The number of aromatic nitrogens is 4. The van der Waals surface area contributed by atoms with Gasteiger partial charge in [0, 0.05) is 29.9 Å². The Morgan fingerprint density at radius 3 is 2.84 bits per heavy atom. The van der Waals surface area contributed by atoms with Gasteiger partial charge in [-0.05, 0) is 45.0 Å². The number of nitrogens with one attached hydrogen (secondary N) is 2. The Labute approximate surface area is 190 Å². The molecule has 0 unspecified atom stereocenters. The van der Waals surface area contributed by atoms with Gasteiger partial charge in [-0.2, -0.15) is 15.5 Å². The molecule has 168 valence electrons. The third-order valence-corrected chi connectivity index (χ3v) is 4.91. The van der Waals surface area contributed by atoms with Crippen molar-refractivity contribution in [3.63, 3.8) is 0 Å². The van der Waals surface area contributed by atoms with Crippen molar-refractivity contribution in [3.05, 3.63) is 58.3 Å². The molecule has 0 aliphatic carbocycles. The van der Waals surface area contributed by atoms with E-state index in [1.165, 1.54) is 12.1 Å². The maximum Gasteiger partial charge on any atom is 0.226 e. The second-order valence-corrected chi connectivity index (χ2v) is 8.78. The van der Waals surface area contributed by atoms with E-state index in [4.69, 9.17) is 16.9 Å². The molecule has 3 N–H and O–H groups in total. The summed E-state index contributed by atoms with van der Waals surface area (Å²) in [5, 5.41) is 33.1. The van der Waals surface area contributed by atoms with E-state index >= 15 is 0 Å². The fraction of sp³-hybridized carbons (Fsp3) is 0.364. The molecular formula is C22H24ClFN6O2. The number of carbonyl (C=O) groups excluding carboxylic acids is 1. The number of benzene rings is 1. The minimum Gasteiger partial charge on any atom is -0.390 e. The van der Waals surface area contributed by atoms with Gasteiger partial charge in [0.15, 0.2) is 0 Å². The maximum absolute atomic E-state index is 14.0. The van der Waals surface area contributed by atoms with Crippen molar-refractivity contribution < 1.29 is 14.3 Å². The van der Waals surface area contributed by atoms with Crippen molar-refractivity contribution in [1.82, 2.24) is 25.3 Å². The molecule has 3 aromatic rings. The zero-order valence-electron chi connectivity index (χ0n) is 18.0. The highest BCUT2D eigenvalue weighted by atomic mass is 35.5. The van der Waals surface area contributed by atoms with Gasteiger partial charge in [-0.1, -0.05) is 11.6 Å². The zero-order chi connectivity index (χ0) is 23.5. The van der Waals surface area contributed by atoms with Crippen molar-refractivity contribution in [1.29, 1.82) is 5.26 Å². The highest BCUT2D eigenvalue weighted by Crippen LogP contribution is 2.26. The first kappa shape index (κ1) is 23.4. The number of aliphatic hydroxyl groups is 1. The molecule has 8 nitrogen and oxygen atoms in total. The lowest BCUT2D eigenvalue weighted by Gasteiger charge is -2.14. The number of aromatic amines is 1. The first-order valence-corrected chi connectivity index (χ1v) is 10.4. The van der Waals surface area contributed by atoms with Gasteiger partial charge in [-0.3, -0.25) is 14.6 Å². The second kappa shape index (κ2) is 9.51. The predicted octanol–water partition coefficient (Wildman–Crippen LogP) is 3.00. The monoisotopic (exact) mass is 458 g/mol. The largest absolute Gasteiger partial charge is 0.390 e. The minimum absolute atomic E-state index is 0.0298. The van der Waals surface area contributed by atoms with Crippen LogP contribution in [-0.4, -0.2) is 42.6 Å². The number of nitriles is 1. The van der Waals surface area contributed by atoms with E-state index < -0.39 is 11.4 Å². The minimum atomic E-state index is -0.874. The first-order chi connectivity index (χ1) is 15.0. The molecule has 0 aliphatic rings. The van der Waals surface area contributed by atoms with E-state index in [2.05, 4.69) is 20.6 Å². The lowest BCUT2D eigenvalue weighted by molar-refractivity contribution is -0.121. The van der Waals surface area contributed by atoms with Crippen LogP contribution in [0.1, 0.15) is 37.7 Å². The number of carbonyl (C=O) groups is 1. The average molecular weight is 459 g/mol. The standard InChI is InChI=1S/C22H24ClFN6O2/c1-13(26-21(31)9-15-8-16(28-27-15)10-22(2,3)32)12-30-5-4-20(29-30)14-6-18(23)17(11-25)19(24)7-14/h4-8,13,32H,9-10,12H2,1-3H3,(H,26,31)(H,27,28)/t13-/m0/s1. The van der Waals surface area contributed by atoms with Gasteiger partial charge in [-0.25, -0.2) is 4.39 Å². The normalized spacial score (nSPS) is 12.4. The summed E-state index contributed by atoms with van der Waals surface area (Å²) in [7, 11) is 0. The van der Waals surface area contributed by atoms with Crippen LogP contribution in [0.2, 0.25) is 5.02 Å². The molecular weight excluding hydrogens is 435 g/mol. The summed E-state index contributed by atoms with van der Waals surface area (Å²) in [6.45, 7) is 5.65. The van der Waals surface area contributed by atoms with Crippen molar-refractivity contribution in [2.24, 2.45) is 0 Å². The second-order valence-electron chi connectivity index (χ2n) is 8.37. The van der Waals surface area contributed by atoms with Crippen LogP contribution in [0, 0.1) is 17.1 Å². The molecule has 2 aromatic heterocycles. The van der Waals surface area contributed by atoms with Crippen LogP contribution in [0.15, 0.2) is 30.5 Å². The van der Waals surface area contributed by atoms with Crippen LogP contribution in [0.3, 0.4) is 0 Å². The van der Waals surface area contributed by atoms with Crippen LogP contribution in [0.4, 0.5) is 4.39 Å². The summed E-state index contributed by atoms with van der Waals surface area (Å²) in [5.74, 6) is -0.876. The number of H-pyrrole nitrogens is 1. The predicted molar refractivity (Wildman–Crippen MR) is 117 cm³/mol. The molecule has 0 radical (unpaired) electrons. The highest BCUT2D eigenvalue weighted by molar-refractivity contribution is 6.32. The Balaban J connectivity index is 1.57. The third kappa shape index (κ3) is 6.15. The van der Waals surface area contributed by atoms with Gasteiger partial charge in [0.05, 0.1) is 35.0 Å². The Kier molecular flexibility index (Phi) is 6.96. The van der Waals surface area contributed by atoms with E-state index in [1.54, 1.807) is 42.9 Å². The summed E-state index contributed by atoms with van der Waals surface area (Å²) in [6.07, 6.45) is 2.24. The van der Waals surface area contributed by atoms with Crippen molar-refractivity contribution in [2.45, 2.75) is 51.8 Å². The smallest absolute Gasteiger partial charge is 0.226 e. The highest BCUT2D eigenvalue weighted by Gasteiger charge is 2.17. The van der Waals surface area contributed by atoms with Crippen molar-refractivity contribution in [3.8, 4) is 17.3 Å². The summed E-state index contributed by atoms with van der Waals surface area (Å²) in [6, 6.07) is 7.71. The number of rotatable bonds is 8. The molecule has 0 bridgehead atoms. The SMILES string of the molecule is C[C@@H](Cn1ccc(-c2cc(F)c(C#N)c(Cl)c2)n1)NC(=O)Cc1cc(CC(C)(C)O)n[nH]1. The lowest BCUT2D eigenvalue weighted by Crippen LogP contribution is -2.36.